The van der Waals surface area contributed by atoms with Gasteiger partial charge in [0.05, 0.1) is 5.56 Å². The number of aromatic nitrogens is 1. The second-order valence-electron chi connectivity index (χ2n) is 9.83. The zero-order chi connectivity index (χ0) is 26.4. The lowest BCUT2D eigenvalue weighted by Gasteiger charge is -2.36. The average molecular weight is 514 g/mol. The van der Waals surface area contributed by atoms with E-state index in [0.29, 0.717) is 38.0 Å². The third-order valence-electron chi connectivity index (χ3n) is 7.16. The number of hydrogen-bond donors (Lipinski definition) is 1. The van der Waals surface area contributed by atoms with E-state index in [1.54, 1.807) is 6.07 Å². The van der Waals surface area contributed by atoms with Crippen LogP contribution in [-0.4, -0.2) is 72.5 Å². The molecule has 3 heterocycles. The van der Waals surface area contributed by atoms with Crippen molar-refractivity contribution in [2.75, 3.05) is 56.0 Å². The monoisotopic (exact) mass is 513 g/mol. The molecule has 0 aliphatic carbocycles. The van der Waals surface area contributed by atoms with E-state index in [1.807, 2.05) is 18.0 Å². The molecule has 2 saturated heterocycles. The van der Waals surface area contributed by atoms with Gasteiger partial charge in [-0.15, -0.1) is 6.42 Å². The Hall–Kier alpha value is -3.25. The first-order valence-electron chi connectivity index (χ1n) is 12.8. The van der Waals surface area contributed by atoms with Crippen molar-refractivity contribution >= 4 is 17.4 Å². The second-order valence-corrected chi connectivity index (χ2v) is 9.83. The Labute approximate surface area is 216 Å². The highest BCUT2D eigenvalue weighted by Crippen LogP contribution is 2.34. The molecule has 2 aromatic rings. The van der Waals surface area contributed by atoms with Gasteiger partial charge in [0, 0.05) is 69.2 Å². The van der Waals surface area contributed by atoms with Crippen LogP contribution >= 0.6 is 0 Å². The largest absolute Gasteiger partial charge is 0.417 e. The van der Waals surface area contributed by atoms with E-state index in [-0.39, 0.29) is 17.5 Å². The van der Waals surface area contributed by atoms with E-state index in [4.69, 9.17) is 6.42 Å². The first-order valence-corrected chi connectivity index (χ1v) is 12.8. The van der Waals surface area contributed by atoms with Crippen molar-refractivity contribution in [3.8, 4) is 12.3 Å². The van der Waals surface area contributed by atoms with Gasteiger partial charge >= 0.3 is 6.18 Å². The molecule has 0 atom stereocenters. The smallest absolute Gasteiger partial charge is 0.382 e. The zero-order valence-electron chi connectivity index (χ0n) is 21.2. The molecule has 6 nitrogen and oxygen atoms in total. The number of hydrogen-bond acceptors (Lipinski definition) is 5. The highest BCUT2D eigenvalue weighted by Gasteiger charge is 2.33. The molecule has 1 aromatic carbocycles. The van der Waals surface area contributed by atoms with Crippen molar-refractivity contribution in [3.05, 3.63) is 53.2 Å². The molecular formula is C28H34F3N5O. The van der Waals surface area contributed by atoms with Crippen molar-refractivity contribution in [1.29, 1.82) is 0 Å². The summed E-state index contributed by atoms with van der Waals surface area (Å²) in [5.41, 5.74) is 0.585. The number of carbonyl (C=O) groups is 1. The molecule has 0 spiro atoms. The summed E-state index contributed by atoms with van der Waals surface area (Å²) in [5.74, 6) is 3.27. The van der Waals surface area contributed by atoms with E-state index < -0.39 is 11.7 Å². The van der Waals surface area contributed by atoms with Crippen LogP contribution in [0.2, 0.25) is 0 Å². The molecule has 0 radical (unpaired) electrons. The molecule has 37 heavy (non-hydrogen) atoms. The molecule has 0 bridgehead atoms. The zero-order valence-corrected chi connectivity index (χ0v) is 21.2. The van der Waals surface area contributed by atoms with Gasteiger partial charge in [-0.2, -0.15) is 13.2 Å². The molecule has 2 aliphatic rings. The van der Waals surface area contributed by atoms with Crippen molar-refractivity contribution in [2.24, 2.45) is 0 Å². The number of amides is 1. The SMILES string of the molecule is C#Cc1ccc(NC2CCN(C(=O)CCCN3CCN(c4ccc(C)cn4)CC3)CC2)cc1C(F)(F)F. The second kappa shape index (κ2) is 11.9. The summed E-state index contributed by atoms with van der Waals surface area (Å²) < 4.78 is 39.8. The number of piperazine rings is 1. The Balaban J connectivity index is 1.16. The van der Waals surface area contributed by atoms with Gasteiger partial charge in [-0.05, 0) is 62.6 Å². The molecule has 1 aromatic heterocycles. The summed E-state index contributed by atoms with van der Waals surface area (Å²) in [4.78, 5) is 23.8. The minimum Gasteiger partial charge on any atom is -0.382 e. The van der Waals surface area contributed by atoms with Crippen molar-refractivity contribution in [1.82, 2.24) is 14.8 Å². The molecule has 0 saturated carbocycles. The van der Waals surface area contributed by atoms with E-state index in [1.165, 1.54) is 6.07 Å². The first kappa shape index (κ1) is 26.8. The maximum absolute atomic E-state index is 13.3. The van der Waals surface area contributed by atoms with E-state index in [0.717, 1.165) is 56.6 Å². The van der Waals surface area contributed by atoms with Crippen molar-refractivity contribution in [2.45, 2.75) is 44.8 Å². The molecule has 0 unspecified atom stereocenters. The average Bonchev–Trinajstić information content (AvgIpc) is 2.89. The summed E-state index contributed by atoms with van der Waals surface area (Å²) in [6, 6.07) is 8.14. The number of pyridine rings is 1. The van der Waals surface area contributed by atoms with Crippen molar-refractivity contribution in [3.63, 3.8) is 0 Å². The number of likely N-dealkylation sites (tertiary alicyclic amines) is 1. The number of aryl methyl sites for hydroxylation is 1. The summed E-state index contributed by atoms with van der Waals surface area (Å²) in [7, 11) is 0. The van der Waals surface area contributed by atoms with E-state index >= 15 is 0 Å². The Bertz CT molecular complexity index is 1100. The van der Waals surface area contributed by atoms with Gasteiger partial charge in [-0.3, -0.25) is 9.69 Å². The fraction of sp³-hybridized carbons (Fsp3) is 0.500. The number of benzene rings is 1. The highest BCUT2D eigenvalue weighted by molar-refractivity contribution is 5.76. The topological polar surface area (TPSA) is 51.7 Å². The Kier molecular flexibility index (Phi) is 8.59. The number of alkyl halides is 3. The normalized spacial score (nSPS) is 17.5. The van der Waals surface area contributed by atoms with Crippen LogP contribution in [-0.2, 0) is 11.0 Å². The van der Waals surface area contributed by atoms with Crippen LogP contribution in [0.4, 0.5) is 24.7 Å². The lowest BCUT2D eigenvalue weighted by atomic mass is 10.0. The van der Waals surface area contributed by atoms with Crippen LogP contribution in [0.1, 0.15) is 42.4 Å². The maximum atomic E-state index is 13.3. The van der Waals surface area contributed by atoms with Crippen LogP contribution in [0.5, 0.6) is 0 Å². The van der Waals surface area contributed by atoms with Gasteiger partial charge in [-0.1, -0.05) is 12.0 Å². The van der Waals surface area contributed by atoms with Gasteiger partial charge in [0.2, 0.25) is 5.91 Å². The number of piperidine rings is 1. The molecule has 1 N–H and O–H groups in total. The van der Waals surface area contributed by atoms with E-state index in [9.17, 15) is 18.0 Å². The summed E-state index contributed by atoms with van der Waals surface area (Å²) in [5, 5.41) is 3.19. The number of nitrogens with one attached hydrogen (secondary N) is 1. The molecule has 4 rings (SSSR count). The minimum absolute atomic E-state index is 0.0149. The fourth-order valence-electron chi connectivity index (χ4n) is 4.96. The van der Waals surface area contributed by atoms with Gasteiger partial charge in [0.25, 0.3) is 0 Å². The van der Waals surface area contributed by atoms with Gasteiger partial charge in [0.1, 0.15) is 5.82 Å². The fourth-order valence-corrected chi connectivity index (χ4v) is 4.96. The highest BCUT2D eigenvalue weighted by atomic mass is 19.4. The standard InChI is InChI=1S/C28H34F3N5O/c1-3-22-7-8-24(19-25(22)28(29,30)31)33-23-10-13-36(14-11-23)27(37)5-4-12-34-15-17-35(18-16-34)26-9-6-21(2)20-32-26/h1,6-9,19-20,23,33H,4-5,10-18H2,2H3. The quantitative estimate of drug-likeness (QED) is 0.557. The molecular weight excluding hydrogens is 479 g/mol. The number of carbonyl (C=O) groups excluding carboxylic acids is 1. The summed E-state index contributed by atoms with van der Waals surface area (Å²) in [6.07, 6.45) is 5.34. The number of halogens is 3. The Morgan fingerprint density at radius 2 is 1.84 bits per heavy atom. The van der Waals surface area contributed by atoms with Gasteiger partial charge in [-0.25, -0.2) is 4.98 Å². The maximum Gasteiger partial charge on any atom is 0.417 e. The first-order chi connectivity index (χ1) is 17.7. The molecule has 1 amide bonds. The van der Waals surface area contributed by atoms with Crippen molar-refractivity contribution < 1.29 is 18.0 Å². The lowest BCUT2D eigenvalue weighted by Crippen LogP contribution is -2.47. The molecule has 198 valence electrons. The van der Waals surface area contributed by atoms with Crippen LogP contribution in [0.15, 0.2) is 36.5 Å². The van der Waals surface area contributed by atoms with Crippen LogP contribution in [0, 0.1) is 19.3 Å². The lowest BCUT2D eigenvalue weighted by molar-refractivity contribution is -0.137. The Morgan fingerprint density at radius 1 is 1.11 bits per heavy atom. The third kappa shape index (κ3) is 7.16. The van der Waals surface area contributed by atoms with Gasteiger partial charge in [0.15, 0.2) is 0 Å². The third-order valence-corrected chi connectivity index (χ3v) is 7.16. The predicted octanol–water partition coefficient (Wildman–Crippen LogP) is 4.40. The number of nitrogens with zero attached hydrogens (tertiary/aromatic N) is 4. The number of terminal acetylenes is 1. The number of rotatable bonds is 7. The predicted molar refractivity (Wildman–Crippen MR) is 139 cm³/mol. The van der Waals surface area contributed by atoms with Crippen LogP contribution in [0.25, 0.3) is 0 Å². The summed E-state index contributed by atoms with van der Waals surface area (Å²) in [6.45, 7) is 7.92. The number of anilines is 2. The van der Waals surface area contributed by atoms with E-state index in [2.05, 4.69) is 38.2 Å². The van der Waals surface area contributed by atoms with Crippen LogP contribution in [0.3, 0.4) is 0 Å². The Morgan fingerprint density at radius 3 is 2.46 bits per heavy atom. The summed E-state index contributed by atoms with van der Waals surface area (Å²) >= 11 is 0. The van der Waals surface area contributed by atoms with Gasteiger partial charge < -0.3 is 15.1 Å². The van der Waals surface area contributed by atoms with Crippen LogP contribution < -0.4 is 10.2 Å². The molecule has 2 aliphatic heterocycles. The molecule has 9 heteroatoms. The molecule has 2 fully saturated rings. The minimum atomic E-state index is -4.50.